The van der Waals surface area contributed by atoms with Gasteiger partial charge in [0.2, 0.25) is 5.91 Å². The number of fused-ring (bicyclic) bond motifs is 2. The van der Waals surface area contributed by atoms with Crippen molar-refractivity contribution >= 4 is 89.3 Å². The molecular weight excluding hydrogens is 602 g/mol. The second-order valence-electron chi connectivity index (χ2n) is 8.11. The quantitative estimate of drug-likeness (QED) is 0.374. The number of aryl methyl sites for hydroxylation is 1. The number of ether oxygens (including phenoxy) is 2. The van der Waals surface area contributed by atoms with Crippen molar-refractivity contribution in [2.45, 2.75) is 32.2 Å². The average Bonchev–Trinajstić information content (AvgIpc) is 3.40. The number of hydrogen-bond acceptors (Lipinski definition) is 9. The first-order chi connectivity index (χ1) is 17.8. The van der Waals surface area contributed by atoms with Crippen molar-refractivity contribution in [2.24, 2.45) is 4.99 Å². The molecule has 0 saturated heterocycles. The molecule has 1 N–H and O–H groups in total. The second-order valence-corrected chi connectivity index (χ2v) is 12.1. The van der Waals surface area contributed by atoms with E-state index in [1.165, 1.54) is 36.9 Å². The fraction of sp³-hybridized carbons (Fsp3) is 0.375. The molecule has 2 aromatic heterocycles. The number of hydrogen-bond donors (Lipinski definition) is 1. The topological polar surface area (TPSA) is 116 Å². The summed E-state index contributed by atoms with van der Waals surface area (Å²) in [6.45, 7) is -0.0763. The van der Waals surface area contributed by atoms with Crippen LogP contribution < -0.4 is 10.1 Å². The van der Waals surface area contributed by atoms with E-state index in [1.54, 1.807) is 4.57 Å². The zero-order chi connectivity index (χ0) is 26.5. The predicted molar refractivity (Wildman–Crippen MR) is 148 cm³/mol. The van der Waals surface area contributed by atoms with Gasteiger partial charge in [-0.1, -0.05) is 27.3 Å². The molecule has 13 heteroatoms. The third kappa shape index (κ3) is 6.51. The Kier molecular flexibility index (Phi) is 9.22. The Bertz CT molecular complexity index is 1440. The van der Waals surface area contributed by atoms with Crippen LogP contribution in [0.4, 0.5) is 5.00 Å². The van der Waals surface area contributed by atoms with Gasteiger partial charge in [0.1, 0.15) is 11.5 Å². The van der Waals surface area contributed by atoms with E-state index in [1.807, 2.05) is 18.2 Å². The van der Waals surface area contributed by atoms with Crippen LogP contribution in [0.15, 0.2) is 27.7 Å². The van der Waals surface area contributed by atoms with Crippen LogP contribution in [0, 0.1) is 0 Å². The second kappa shape index (κ2) is 12.4. The monoisotopic (exact) mass is 625 g/mol. The minimum atomic E-state index is -0.454. The van der Waals surface area contributed by atoms with E-state index >= 15 is 0 Å². The highest BCUT2D eigenvalue weighted by molar-refractivity contribution is 9.10. The molecule has 196 valence electrons. The minimum absolute atomic E-state index is 0.0195. The molecule has 0 aliphatic heterocycles. The molecule has 3 aromatic rings. The predicted octanol–water partition coefficient (Wildman–Crippen LogP) is 4.16. The number of methoxy groups -OCH3 is 2. The number of benzene rings is 1. The lowest BCUT2D eigenvalue weighted by Crippen LogP contribution is -2.23. The van der Waals surface area contributed by atoms with Crippen molar-refractivity contribution in [3.8, 4) is 0 Å². The highest BCUT2D eigenvalue weighted by atomic mass is 79.9. The number of thiazole rings is 1. The largest absolute Gasteiger partial charge is 0.468 e. The van der Waals surface area contributed by atoms with E-state index in [4.69, 9.17) is 9.47 Å². The van der Waals surface area contributed by atoms with Crippen LogP contribution in [0.3, 0.4) is 0 Å². The number of aromatic nitrogens is 1. The van der Waals surface area contributed by atoms with E-state index in [0.29, 0.717) is 15.4 Å². The number of halogens is 1. The molecule has 0 atom stereocenters. The summed E-state index contributed by atoms with van der Waals surface area (Å²) in [5.41, 5.74) is 2.17. The van der Waals surface area contributed by atoms with E-state index < -0.39 is 17.8 Å². The summed E-state index contributed by atoms with van der Waals surface area (Å²) < 4.78 is 13.1. The number of nitrogens with one attached hydrogen (secondary N) is 1. The van der Waals surface area contributed by atoms with E-state index in [0.717, 1.165) is 62.6 Å². The number of rotatable bonds is 8. The fourth-order valence-electron chi connectivity index (χ4n) is 3.98. The first kappa shape index (κ1) is 27.6. The van der Waals surface area contributed by atoms with Crippen LogP contribution in [0.2, 0.25) is 0 Å². The molecule has 0 saturated carbocycles. The van der Waals surface area contributed by atoms with Gasteiger partial charge in [-0.05, 0) is 49.4 Å². The fourth-order valence-corrected chi connectivity index (χ4v) is 7.47. The smallest absolute Gasteiger partial charge is 0.341 e. The van der Waals surface area contributed by atoms with E-state index in [9.17, 15) is 19.2 Å². The summed E-state index contributed by atoms with van der Waals surface area (Å²) in [5.74, 6) is -1.64. The molecule has 2 heterocycles. The van der Waals surface area contributed by atoms with Gasteiger partial charge in [-0.2, -0.15) is 4.99 Å². The Balaban J connectivity index is 1.43. The summed E-state index contributed by atoms with van der Waals surface area (Å²) in [4.78, 5) is 55.2. The number of thioether (sulfide) groups is 1. The van der Waals surface area contributed by atoms with Crippen LogP contribution in [0.5, 0.6) is 0 Å². The maximum absolute atomic E-state index is 12.6. The van der Waals surface area contributed by atoms with Gasteiger partial charge in [0.05, 0.1) is 41.5 Å². The average molecular weight is 627 g/mol. The number of esters is 2. The molecule has 37 heavy (non-hydrogen) atoms. The van der Waals surface area contributed by atoms with E-state index in [2.05, 4.69) is 26.2 Å². The van der Waals surface area contributed by atoms with Gasteiger partial charge in [-0.3, -0.25) is 14.4 Å². The molecule has 0 fully saturated rings. The van der Waals surface area contributed by atoms with Gasteiger partial charge in [0, 0.05) is 9.35 Å². The molecule has 0 radical (unpaired) electrons. The SMILES string of the molecule is COC(=O)Cn1c(=NC(=O)CSCC(=O)Nc2sc3c(c2C(=O)OC)CCCC3)sc2cc(Br)ccc21. The molecule has 4 rings (SSSR count). The van der Waals surface area contributed by atoms with Gasteiger partial charge in [0.15, 0.2) is 4.80 Å². The molecule has 0 bridgehead atoms. The summed E-state index contributed by atoms with van der Waals surface area (Å²) >= 11 is 7.26. The van der Waals surface area contributed by atoms with Crippen LogP contribution in [0.25, 0.3) is 10.2 Å². The van der Waals surface area contributed by atoms with Crippen molar-refractivity contribution in [2.75, 3.05) is 31.0 Å². The van der Waals surface area contributed by atoms with Crippen LogP contribution in [-0.2, 0) is 43.2 Å². The van der Waals surface area contributed by atoms with Crippen molar-refractivity contribution in [1.29, 1.82) is 0 Å². The third-order valence-corrected chi connectivity index (χ3v) is 9.31. The van der Waals surface area contributed by atoms with Gasteiger partial charge in [-0.15, -0.1) is 23.1 Å². The van der Waals surface area contributed by atoms with Crippen molar-refractivity contribution in [3.05, 3.63) is 43.5 Å². The summed E-state index contributed by atoms with van der Waals surface area (Å²) in [6.07, 6.45) is 3.73. The highest BCUT2D eigenvalue weighted by Gasteiger charge is 2.27. The molecule has 2 amide bonds. The van der Waals surface area contributed by atoms with Gasteiger partial charge >= 0.3 is 11.9 Å². The van der Waals surface area contributed by atoms with Crippen LogP contribution in [-0.4, -0.2) is 54.0 Å². The highest BCUT2D eigenvalue weighted by Crippen LogP contribution is 2.38. The van der Waals surface area contributed by atoms with E-state index in [-0.39, 0.29) is 24.0 Å². The van der Waals surface area contributed by atoms with Crippen molar-refractivity contribution in [3.63, 3.8) is 0 Å². The number of amides is 2. The first-order valence-corrected chi connectivity index (χ1v) is 14.9. The van der Waals surface area contributed by atoms with Gasteiger partial charge < -0.3 is 19.4 Å². The number of thiophene rings is 1. The summed E-state index contributed by atoms with van der Waals surface area (Å²) in [5, 5.41) is 3.33. The summed E-state index contributed by atoms with van der Waals surface area (Å²) in [7, 11) is 2.63. The number of carbonyl (C=O) groups excluding carboxylic acids is 4. The maximum Gasteiger partial charge on any atom is 0.341 e. The Morgan fingerprint density at radius 1 is 1.11 bits per heavy atom. The summed E-state index contributed by atoms with van der Waals surface area (Å²) in [6, 6.07) is 5.58. The van der Waals surface area contributed by atoms with Crippen LogP contribution >= 0.6 is 50.4 Å². The molecule has 0 unspecified atom stereocenters. The Hall–Kier alpha value is -2.48. The lowest BCUT2D eigenvalue weighted by atomic mass is 9.95. The third-order valence-electron chi connectivity index (χ3n) is 5.65. The number of nitrogens with zero attached hydrogens (tertiary/aromatic N) is 2. The minimum Gasteiger partial charge on any atom is -0.468 e. The van der Waals surface area contributed by atoms with Crippen LogP contribution in [0.1, 0.15) is 33.6 Å². The lowest BCUT2D eigenvalue weighted by molar-refractivity contribution is -0.141. The van der Waals surface area contributed by atoms with Crippen molar-refractivity contribution in [1.82, 2.24) is 4.57 Å². The zero-order valence-corrected chi connectivity index (χ0v) is 24.2. The molecule has 1 aliphatic carbocycles. The molecule has 0 spiro atoms. The van der Waals surface area contributed by atoms with Gasteiger partial charge in [0.25, 0.3) is 5.91 Å². The molecular formula is C24H24BrN3O6S3. The lowest BCUT2D eigenvalue weighted by Gasteiger charge is -2.11. The standard InChI is InChI=1S/C24H24BrN3O6S3/c1-33-20(31)10-28-15-8-7-13(25)9-17(15)37-24(28)27-19(30)12-35-11-18(29)26-22-21(23(32)34-2)14-5-3-4-6-16(14)36-22/h7-9H,3-6,10-12H2,1-2H3,(H,26,29). The molecule has 1 aromatic carbocycles. The molecule has 9 nitrogen and oxygen atoms in total. The first-order valence-electron chi connectivity index (χ1n) is 11.3. The normalized spacial score (nSPS) is 13.3. The Morgan fingerprint density at radius 2 is 1.89 bits per heavy atom. The number of anilines is 1. The Morgan fingerprint density at radius 3 is 2.65 bits per heavy atom. The Labute approximate surface area is 233 Å². The molecule has 1 aliphatic rings. The van der Waals surface area contributed by atoms with Gasteiger partial charge in [-0.25, -0.2) is 4.79 Å². The maximum atomic E-state index is 12.6. The van der Waals surface area contributed by atoms with Crippen molar-refractivity contribution < 1.29 is 28.7 Å². The number of carbonyl (C=O) groups is 4. The zero-order valence-electron chi connectivity index (χ0n) is 20.1.